The van der Waals surface area contributed by atoms with E-state index in [1.807, 2.05) is 4.90 Å². The number of nitrogens with zero attached hydrogens (tertiary/aromatic N) is 3. The van der Waals surface area contributed by atoms with Gasteiger partial charge in [-0.15, -0.1) is 5.10 Å². The van der Waals surface area contributed by atoms with Gasteiger partial charge in [0.25, 0.3) is 0 Å². The summed E-state index contributed by atoms with van der Waals surface area (Å²) in [5, 5.41) is 6.87. The first-order valence-corrected chi connectivity index (χ1v) is 6.52. The molecule has 5 nitrogen and oxygen atoms in total. The average Bonchev–Trinajstić information content (AvgIpc) is 2.92. The molecule has 3 N–H and O–H groups in total. The van der Waals surface area contributed by atoms with Crippen molar-refractivity contribution in [1.82, 2.24) is 15.2 Å². The summed E-state index contributed by atoms with van der Waals surface area (Å²) in [4.78, 5) is 6.32. The number of halogens is 2. The van der Waals surface area contributed by atoms with Gasteiger partial charge in [-0.2, -0.15) is 4.98 Å². The van der Waals surface area contributed by atoms with Gasteiger partial charge in [-0.05, 0) is 31.0 Å². The molecule has 1 atom stereocenters. The molecule has 1 unspecified atom stereocenters. The number of aromatic amines is 1. The number of piperidine rings is 1. The molecule has 1 aromatic carbocycles. The molecule has 1 aromatic heterocycles. The molecular weight excluding hydrogens is 264 g/mol. The summed E-state index contributed by atoms with van der Waals surface area (Å²) >= 11 is 0. The number of hydrogen-bond donors (Lipinski definition) is 2. The molecule has 0 aliphatic carbocycles. The number of anilines is 1. The fourth-order valence-electron chi connectivity index (χ4n) is 2.36. The van der Waals surface area contributed by atoms with E-state index in [2.05, 4.69) is 15.2 Å². The maximum Gasteiger partial charge on any atom is 0.245 e. The summed E-state index contributed by atoms with van der Waals surface area (Å²) in [5.41, 5.74) is 6.38. The highest BCUT2D eigenvalue weighted by Crippen LogP contribution is 2.21. The first-order valence-electron chi connectivity index (χ1n) is 6.52. The van der Waals surface area contributed by atoms with Crippen LogP contribution in [0.3, 0.4) is 0 Å². The van der Waals surface area contributed by atoms with Gasteiger partial charge < -0.3 is 10.6 Å². The lowest BCUT2D eigenvalue weighted by molar-refractivity contribution is 0.500. The van der Waals surface area contributed by atoms with Gasteiger partial charge in [0.1, 0.15) is 0 Å². The molecule has 2 aromatic rings. The van der Waals surface area contributed by atoms with Crippen molar-refractivity contribution in [2.75, 3.05) is 18.0 Å². The number of hydrogen-bond acceptors (Lipinski definition) is 4. The molecule has 2 heterocycles. The monoisotopic (exact) mass is 279 g/mol. The van der Waals surface area contributed by atoms with Crippen LogP contribution in [0.1, 0.15) is 12.8 Å². The zero-order valence-electron chi connectivity index (χ0n) is 10.8. The summed E-state index contributed by atoms with van der Waals surface area (Å²) in [6, 6.07) is 3.75. The largest absolute Gasteiger partial charge is 0.338 e. The molecule has 7 heteroatoms. The Labute approximate surface area is 114 Å². The number of rotatable bonds is 2. The molecule has 1 saturated heterocycles. The Balaban J connectivity index is 1.84. The molecule has 106 valence electrons. The van der Waals surface area contributed by atoms with Gasteiger partial charge in [-0.25, -0.2) is 8.78 Å². The molecule has 0 spiro atoms. The molecule has 1 aliphatic rings. The average molecular weight is 279 g/mol. The second-order valence-electron chi connectivity index (χ2n) is 4.96. The zero-order valence-corrected chi connectivity index (χ0v) is 10.8. The van der Waals surface area contributed by atoms with Crippen molar-refractivity contribution in [3.8, 4) is 11.4 Å². The topological polar surface area (TPSA) is 70.8 Å². The second-order valence-corrected chi connectivity index (χ2v) is 4.96. The summed E-state index contributed by atoms with van der Waals surface area (Å²) in [6.07, 6.45) is 1.99. The summed E-state index contributed by atoms with van der Waals surface area (Å²) in [7, 11) is 0. The third kappa shape index (κ3) is 2.49. The van der Waals surface area contributed by atoms with Crippen LogP contribution >= 0.6 is 0 Å². The maximum atomic E-state index is 13.2. The molecule has 0 saturated carbocycles. The van der Waals surface area contributed by atoms with Gasteiger partial charge in [0.05, 0.1) is 0 Å². The predicted molar refractivity (Wildman–Crippen MR) is 71.2 cm³/mol. The van der Waals surface area contributed by atoms with E-state index in [9.17, 15) is 8.78 Å². The normalized spacial score (nSPS) is 19.4. The Morgan fingerprint density at radius 2 is 2.15 bits per heavy atom. The number of nitrogens with one attached hydrogen (secondary N) is 1. The van der Waals surface area contributed by atoms with E-state index in [0.29, 0.717) is 23.9 Å². The van der Waals surface area contributed by atoms with Crippen LogP contribution in [-0.4, -0.2) is 34.3 Å². The SMILES string of the molecule is NC1CCCN(c2n[nH]c(-c3ccc(F)c(F)c3)n2)C1. The highest BCUT2D eigenvalue weighted by molar-refractivity contribution is 5.56. The molecular formula is C13H15F2N5. The fraction of sp³-hybridized carbons (Fsp3) is 0.385. The van der Waals surface area contributed by atoms with Crippen LogP contribution < -0.4 is 10.6 Å². The van der Waals surface area contributed by atoms with Crippen molar-refractivity contribution in [1.29, 1.82) is 0 Å². The van der Waals surface area contributed by atoms with Crippen molar-refractivity contribution >= 4 is 5.95 Å². The van der Waals surface area contributed by atoms with Gasteiger partial charge in [0.2, 0.25) is 5.95 Å². The van der Waals surface area contributed by atoms with Crippen molar-refractivity contribution in [2.24, 2.45) is 5.73 Å². The second kappa shape index (κ2) is 5.16. The van der Waals surface area contributed by atoms with Crippen molar-refractivity contribution in [3.63, 3.8) is 0 Å². The predicted octanol–water partition coefficient (Wildman–Crippen LogP) is 1.68. The Hall–Kier alpha value is -2.02. The molecule has 0 amide bonds. The van der Waals surface area contributed by atoms with E-state index in [-0.39, 0.29) is 6.04 Å². The first-order chi connectivity index (χ1) is 9.63. The summed E-state index contributed by atoms with van der Waals surface area (Å²) in [6.45, 7) is 1.55. The van der Waals surface area contributed by atoms with Crippen LogP contribution in [0.25, 0.3) is 11.4 Å². The van der Waals surface area contributed by atoms with Crippen LogP contribution in [0.15, 0.2) is 18.2 Å². The number of nitrogens with two attached hydrogens (primary N) is 1. The van der Waals surface area contributed by atoms with Gasteiger partial charge in [-0.1, -0.05) is 0 Å². The van der Waals surface area contributed by atoms with Gasteiger partial charge in [0.15, 0.2) is 17.5 Å². The molecule has 3 rings (SSSR count). The Morgan fingerprint density at radius 1 is 1.30 bits per heavy atom. The molecule has 0 bridgehead atoms. The number of aromatic nitrogens is 3. The number of H-pyrrole nitrogens is 1. The quantitative estimate of drug-likeness (QED) is 0.877. The van der Waals surface area contributed by atoms with Crippen LogP contribution in [0.5, 0.6) is 0 Å². The minimum Gasteiger partial charge on any atom is -0.338 e. The van der Waals surface area contributed by atoms with E-state index >= 15 is 0 Å². The Kier molecular flexibility index (Phi) is 3.35. The van der Waals surface area contributed by atoms with Crippen LogP contribution in [0.2, 0.25) is 0 Å². The summed E-state index contributed by atoms with van der Waals surface area (Å²) < 4.78 is 26.1. The van der Waals surface area contributed by atoms with Crippen LogP contribution in [-0.2, 0) is 0 Å². The summed E-state index contributed by atoms with van der Waals surface area (Å²) in [5.74, 6) is -0.825. The van der Waals surface area contributed by atoms with Gasteiger partial charge in [-0.3, -0.25) is 5.10 Å². The van der Waals surface area contributed by atoms with E-state index in [0.717, 1.165) is 31.5 Å². The highest BCUT2D eigenvalue weighted by atomic mass is 19.2. The van der Waals surface area contributed by atoms with E-state index in [1.165, 1.54) is 6.07 Å². The zero-order chi connectivity index (χ0) is 14.1. The van der Waals surface area contributed by atoms with Crippen LogP contribution in [0, 0.1) is 11.6 Å². The maximum absolute atomic E-state index is 13.2. The third-order valence-electron chi connectivity index (χ3n) is 3.41. The van der Waals surface area contributed by atoms with Gasteiger partial charge in [0, 0.05) is 24.7 Å². The Morgan fingerprint density at radius 3 is 2.90 bits per heavy atom. The smallest absolute Gasteiger partial charge is 0.245 e. The number of benzene rings is 1. The third-order valence-corrected chi connectivity index (χ3v) is 3.41. The molecule has 20 heavy (non-hydrogen) atoms. The fourth-order valence-corrected chi connectivity index (χ4v) is 2.36. The minimum atomic E-state index is -0.902. The lowest BCUT2D eigenvalue weighted by Gasteiger charge is -2.29. The standard InChI is InChI=1S/C13H15F2N5/c14-10-4-3-8(6-11(10)15)12-17-13(19-18-12)20-5-1-2-9(16)7-20/h3-4,6,9H,1-2,5,7,16H2,(H,17,18,19). The minimum absolute atomic E-state index is 0.119. The Bertz CT molecular complexity index is 613. The highest BCUT2D eigenvalue weighted by Gasteiger charge is 2.20. The van der Waals surface area contributed by atoms with E-state index in [4.69, 9.17) is 5.73 Å². The van der Waals surface area contributed by atoms with Gasteiger partial charge >= 0.3 is 0 Å². The molecule has 1 aliphatic heterocycles. The van der Waals surface area contributed by atoms with Crippen LogP contribution in [0.4, 0.5) is 14.7 Å². The lowest BCUT2D eigenvalue weighted by Crippen LogP contribution is -2.43. The van der Waals surface area contributed by atoms with E-state index < -0.39 is 11.6 Å². The van der Waals surface area contributed by atoms with Crippen molar-refractivity contribution in [3.05, 3.63) is 29.8 Å². The first kappa shape index (κ1) is 13.0. The lowest BCUT2D eigenvalue weighted by atomic mass is 10.1. The molecule has 1 fully saturated rings. The molecule has 0 radical (unpaired) electrons. The van der Waals surface area contributed by atoms with E-state index in [1.54, 1.807) is 0 Å². The van der Waals surface area contributed by atoms with Crippen molar-refractivity contribution < 1.29 is 8.78 Å². The van der Waals surface area contributed by atoms with Crippen molar-refractivity contribution in [2.45, 2.75) is 18.9 Å².